The molecule has 0 aliphatic carbocycles. The standard InChI is InChI=1S/C14H18N4O/c1-10(2)8-9-15-14-16-13(19)12(17-18-14)11-6-4-3-5-7-11/h3-7,10H,8-9H2,1-2H3,(H2,15,16,18,19). The lowest BCUT2D eigenvalue weighted by molar-refractivity contribution is 0.605. The summed E-state index contributed by atoms with van der Waals surface area (Å²) in [7, 11) is 0. The van der Waals surface area contributed by atoms with E-state index in [-0.39, 0.29) is 5.56 Å². The minimum atomic E-state index is -0.228. The van der Waals surface area contributed by atoms with Gasteiger partial charge in [0.15, 0.2) is 5.69 Å². The van der Waals surface area contributed by atoms with Gasteiger partial charge in [0, 0.05) is 12.1 Å². The number of aromatic nitrogens is 3. The number of aromatic amines is 1. The summed E-state index contributed by atoms with van der Waals surface area (Å²) in [5.41, 5.74) is 0.883. The van der Waals surface area contributed by atoms with Crippen LogP contribution in [0.2, 0.25) is 0 Å². The highest BCUT2D eigenvalue weighted by Gasteiger charge is 2.06. The molecule has 5 nitrogen and oxygen atoms in total. The van der Waals surface area contributed by atoms with Crippen LogP contribution in [0.15, 0.2) is 35.1 Å². The number of anilines is 1. The molecule has 0 spiro atoms. The molecule has 2 N–H and O–H groups in total. The minimum Gasteiger partial charge on any atom is -0.354 e. The summed E-state index contributed by atoms with van der Waals surface area (Å²) in [6.07, 6.45) is 1.02. The highest BCUT2D eigenvalue weighted by atomic mass is 16.1. The normalized spacial score (nSPS) is 10.7. The fourth-order valence-electron chi connectivity index (χ4n) is 1.68. The van der Waals surface area contributed by atoms with Gasteiger partial charge >= 0.3 is 0 Å². The Morgan fingerprint density at radius 1 is 1.21 bits per heavy atom. The molecule has 0 radical (unpaired) electrons. The first-order chi connectivity index (χ1) is 9.16. The van der Waals surface area contributed by atoms with Gasteiger partial charge in [-0.25, -0.2) is 0 Å². The van der Waals surface area contributed by atoms with E-state index < -0.39 is 0 Å². The van der Waals surface area contributed by atoms with Crippen LogP contribution in [0.5, 0.6) is 0 Å². The van der Waals surface area contributed by atoms with E-state index in [1.54, 1.807) is 0 Å². The predicted octanol–water partition coefficient (Wildman–Crippen LogP) is 2.29. The molecule has 2 aromatic rings. The molecule has 5 heteroatoms. The molecule has 0 aliphatic heterocycles. The lowest BCUT2D eigenvalue weighted by atomic mass is 10.1. The van der Waals surface area contributed by atoms with Crippen molar-refractivity contribution in [3.63, 3.8) is 0 Å². The van der Waals surface area contributed by atoms with Crippen molar-refractivity contribution in [1.29, 1.82) is 0 Å². The van der Waals surface area contributed by atoms with Crippen molar-refractivity contribution in [2.45, 2.75) is 20.3 Å². The van der Waals surface area contributed by atoms with Crippen LogP contribution in [0.25, 0.3) is 11.3 Å². The van der Waals surface area contributed by atoms with Crippen LogP contribution < -0.4 is 10.9 Å². The largest absolute Gasteiger partial charge is 0.354 e. The first kappa shape index (κ1) is 13.3. The molecule has 1 heterocycles. The summed E-state index contributed by atoms with van der Waals surface area (Å²) >= 11 is 0. The van der Waals surface area contributed by atoms with E-state index in [1.807, 2.05) is 30.3 Å². The quantitative estimate of drug-likeness (QED) is 0.863. The van der Waals surface area contributed by atoms with Gasteiger partial charge < -0.3 is 5.32 Å². The monoisotopic (exact) mass is 258 g/mol. The molecule has 100 valence electrons. The van der Waals surface area contributed by atoms with Crippen LogP contribution >= 0.6 is 0 Å². The maximum Gasteiger partial charge on any atom is 0.279 e. The Morgan fingerprint density at radius 3 is 2.58 bits per heavy atom. The van der Waals surface area contributed by atoms with Crippen LogP contribution in [0.1, 0.15) is 20.3 Å². The van der Waals surface area contributed by atoms with Gasteiger partial charge in [-0.2, -0.15) is 0 Å². The van der Waals surface area contributed by atoms with Gasteiger partial charge in [-0.05, 0) is 12.3 Å². The van der Waals surface area contributed by atoms with Gasteiger partial charge in [0.25, 0.3) is 5.56 Å². The molecule has 0 fully saturated rings. The highest BCUT2D eigenvalue weighted by Crippen LogP contribution is 2.10. The summed E-state index contributed by atoms with van der Waals surface area (Å²) < 4.78 is 0. The molecule has 0 bridgehead atoms. The molecule has 2 rings (SSSR count). The molecule has 0 atom stereocenters. The van der Waals surface area contributed by atoms with Crippen molar-refractivity contribution >= 4 is 5.95 Å². The maximum atomic E-state index is 11.9. The lowest BCUT2D eigenvalue weighted by Gasteiger charge is -2.07. The number of nitrogens with zero attached hydrogens (tertiary/aromatic N) is 2. The molecule has 1 aromatic carbocycles. The van der Waals surface area contributed by atoms with Crippen molar-refractivity contribution < 1.29 is 0 Å². The molecule has 1 aromatic heterocycles. The highest BCUT2D eigenvalue weighted by molar-refractivity contribution is 5.57. The summed E-state index contributed by atoms with van der Waals surface area (Å²) in [5, 5.41) is 11.1. The van der Waals surface area contributed by atoms with Crippen molar-refractivity contribution in [2.24, 2.45) is 5.92 Å². The first-order valence-corrected chi connectivity index (χ1v) is 6.43. The van der Waals surface area contributed by atoms with Gasteiger partial charge in [0.2, 0.25) is 5.95 Å². The molecule has 0 saturated carbocycles. The van der Waals surface area contributed by atoms with Crippen LogP contribution in [0, 0.1) is 5.92 Å². The van der Waals surface area contributed by atoms with Gasteiger partial charge in [0.1, 0.15) is 0 Å². The Bertz CT molecular complexity index is 577. The second kappa shape index (κ2) is 6.13. The SMILES string of the molecule is CC(C)CCNc1nnc(-c2ccccc2)c(=O)[nH]1. The Hall–Kier alpha value is -2.17. The number of benzene rings is 1. The van der Waals surface area contributed by atoms with Gasteiger partial charge in [0.05, 0.1) is 0 Å². The van der Waals surface area contributed by atoms with E-state index in [1.165, 1.54) is 0 Å². The van der Waals surface area contributed by atoms with Crippen LogP contribution in [0.4, 0.5) is 5.95 Å². The van der Waals surface area contributed by atoms with E-state index in [0.717, 1.165) is 18.5 Å². The minimum absolute atomic E-state index is 0.228. The van der Waals surface area contributed by atoms with Gasteiger partial charge in [-0.1, -0.05) is 44.2 Å². The van der Waals surface area contributed by atoms with Crippen molar-refractivity contribution in [1.82, 2.24) is 15.2 Å². The summed E-state index contributed by atoms with van der Waals surface area (Å²) in [4.78, 5) is 14.6. The van der Waals surface area contributed by atoms with E-state index in [9.17, 15) is 4.79 Å². The molecule has 0 unspecified atom stereocenters. The van der Waals surface area contributed by atoms with Gasteiger partial charge in [-0.3, -0.25) is 9.78 Å². The fourth-order valence-corrected chi connectivity index (χ4v) is 1.68. The smallest absolute Gasteiger partial charge is 0.279 e. The fraction of sp³-hybridized carbons (Fsp3) is 0.357. The van der Waals surface area contributed by atoms with Crippen LogP contribution in [-0.4, -0.2) is 21.7 Å². The predicted molar refractivity (Wildman–Crippen MR) is 76.0 cm³/mol. The van der Waals surface area contributed by atoms with E-state index in [2.05, 4.69) is 34.3 Å². The number of rotatable bonds is 5. The van der Waals surface area contributed by atoms with Crippen LogP contribution in [-0.2, 0) is 0 Å². The Labute approximate surface area is 112 Å². The van der Waals surface area contributed by atoms with Crippen molar-refractivity contribution in [2.75, 3.05) is 11.9 Å². The number of hydrogen-bond acceptors (Lipinski definition) is 4. The molecule has 0 aliphatic rings. The number of hydrogen-bond donors (Lipinski definition) is 2. The maximum absolute atomic E-state index is 11.9. The third-order valence-corrected chi connectivity index (χ3v) is 2.76. The lowest BCUT2D eigenvalue weighted by Crippen LogP contribution is -2.17. The average molecular weight is 258 g/mol. The number of H-pyrrole nitrogens is 1. The van der Waals surface area contributed by atoms with Crippen molar-refractivity contribution in [3.8, 4) is 11.3 Å². The average Bonchev–Trinajstić information content (AvgIpc) is 2.39. The van der Waals surface area contributed by atoms with E-state index in [4.69, 9.17) is 0 Å². The topological polar surface area (TPSA) is 70.7 Å². The third-order valence-electron chi connectivity index (χ3n) is 2.76. The Kier molecular flexibility index (Phi) is 4.28. The zero-order chi connectivity index (χ0) is 13.7. The Morgan fingerprint density at radius 2 is 1.95 bits per heavy atom. The van der Waals surface area contributed by atoms with Crippen molar-refractivity contribution in [3.05, 3.63) is 40.7 Å². The Balaban J connectivity index is 2.12. The number of nitrogens with one attached hydrogen (secondary N) is 2. The zero-order valence-electron chi connectivity index (χ0n) is 11.2. The van der Waals surface area contributed by atoms with Crippen LogP contribution in [0.3, 0.4) is 0 Å². The third kappa shape index (κ3) is 3.64. The van der Waals surface area contributed by atoms with E-state index in [0.29, 0.717) is 17.6 Å². The molecular formula is C14H18N4O. The molecule has 0 amide bonds. The molecular weight excluding hydrogens is 240 g/mol. The van der Waals surface area contributed by atoms with Gasteiger partial charge in [-0.15, -0.1) is 10.2 Å². The summed E-state index contributed by atoms with van der Waals surface area (Å²) in [5.74, 6) is 1.03. The summed E-state index contributed by atoms with van der Waals surface area (Å²) in [6, 6.07) is 9.31. The zero-order valence-corrected chi connectivity index (χ0v) is 11.2. The molecule has 0 saturated heterocycles. The first-order valence-electron chi connectivity index (χ1n) is 6.43. The second-order valence-corrected chi connectivity index (χ2v) is 4.83. The molecule has 19 heavy (non-hydrogen) atoms. The second-order valence-electron chi connectivity index (χ2n) is 4.83. The summed E-state index contributed by atoms with van der Waals surface area (Å²) in [6.45, 7) is 5.07. The van der Waals surface area contributed by atoms with E-state index >= 15 is 0 Å².